The highest BCUT2D eigenvalue weighted by molar-refractivity contribution is 7.92. The summed E-state index contributed by atoms with van der Waals surface area (Å²) in [6.07, 6.45) is 1.80. The summed E-state index contributed by atoms with van der Waals surface area (Å²) in [5.74, 6) is -0.346. The van der Waals surface area contributed by atoms with Crippen molar-refractivity contribution in [2.75, 3.05) is 38.7 Å². The minimum atomic E-state index is -4.50. The highest BCUT2D eigenvalue weighted by Gasteiger charge is 2.36. The maximum absolute atomic E-state index is 14.7. The molecule has 0 aromatic heterocycles. The number of unbranched alkanes of at least 4 members (excludes halogenated alkanes) is 1. The van der Waals surface area contributed by atoms with Crippen LogP contribution in [0.25, 0.3) is 0 Å². The molecule has 2 amide bonds. The van der Waals surface area contributed by atoms with E-state index in [1.54, 1.807) is 30.3 Å². The van der Waals surface area contributed by atoms with E-state index in [2.05, 4.69) is 5.32 Å². The summed E-state index contributed by atoms with van der Waals surface area (Å²) in [7, 11) is -0.279. The van der Waals surface area contributed by atoms with Gasteiger partial charge < -0.3 is 24.4 Å². The van der Waals surface area contributed by atoms with Crippen molar-refractivity contribution < 1.29 is 32.2 Å². The van der Waals surface area contributed by atoms with E-state index in [1.807, 2.05) is 37.3 Å². The lowest BCUT2D eigenvalue weighted by Crippen LogP contribution is -2.53. The van der Waals surface area contributed by atoms with Gasteiger partial charge in [-0.25, -0.2) is 8.42 Å². The maximum Gasteiger partial charge on any atom is 0.265 e. The van der Waals surface area contributed by atoms with Gasteiger partial charge in [0.05, 0.1) is 31.9 Å². The van der Waals surface area contributed by atoms with Gasteiger partial charge in [-0.2, -0.15) is 0 Å². The molecule has 0 radical (unpaired) electrons. The molecule has 266 valence electrons. The summed E-state index contributed by atoms with van der Waals surface area (Å²) in [6, 6.07) is 23.9. The molecule has 0 spiro atoms. The Labute approximate surface area is 303 Å². The smallest absolute Gasteiger partial charge is 0.265 e. The Hall–Kier alpha value is -4.45. The maximum atomic E-state index is 14.7. The van der Waals surface area contributed by atoms with Gasteiger partial charge in [0, 0.05) is 35.6 Å². The Morgan fingerprint density at radius 2 is 1.42 bits per heavy atom. The Morgan fingerprint density at radius 3 is 2.06 bits per heavy atom. The zero-order valence-corrected chi connectivity index (χ0v) is 30.7. The molecule has 4 aromatic carbocycles. The molecule has 50 heavy (non-hydrogen) atoms. The zero-order chi connectivity index (χ0) is 36.3. The first-order valence-electron chi connectivity index (χ1n) is 16.0. The average molecular weight is 743 g/mol. The molecule has 0 aliphatic carbocycles. The molecular weight excluding hydrogens is 701 g/mol. The summed E-state index contributed by atoms with van der Waals surface area (Å²) >= 11 is 12.6. The molecule has 0 bridgehead atoms. The van der Waals surface area contributed by atoms with Crippen LogP contribution in [-0.4, -0.2) is 65.6 Å². The van der Waals surface area contributed by atoms with Crippen LogP contribution in [0, 0.1) is 0 Å². The lowest BCUT2D eigenvalue weighted by atomic mass is 10.0. The number of methoxy groups -OCH3 is 3. The average Bonchev–Trinajstić information content (AvgIpc) is 3.12. The quantitative estimate of drug-likeness (QED) is 0.119. The SMILES string of the molecule is CCCCNC(=O)[C@H](Cc1ccccc1)N(Cc1ccc(Cl)cc1)C(=O)CN(c1cc(Cl)ccc1OC)S(=O)(=O)c1ccc(OC)c(OC)c1. The molecule has 0 saturated carbocycles. The molecule has 1 N–H and O–H groups in total. The summed E-state index contributed by atoms with van der Waals surface area (Å²) in [5, 5.41) is 3.70. The highest BCUT2D eigenvalue weighted by Crippen LogP contribution is 2.37. The second-order valence-electron chi connectivity index (χ2n) is 11.3. The number of carbonyl (C=O) groups excluding carboxylic acids is 2. The van der Waals surface area contributed by atoms with Gasteiger partial charge in [-0.15, -0.1) is 0 Å². The Morgan fingerprint density at radius 1 is 0.780 bits per heavy atom. The number of amides is 2. The number of nitrogens with one attached hydrogen (secondary N) is 1. The summed E-state index contributed by atoms with van der Waals surface area (Å²) < 4.78 is 46.3. The Bertz CT molecular complexity index is 1860. The van der Waals surface area contributed by atoms with E-state index in [-0.39, 0.29) is 46.0 Å². The lowest BCUT2D eigenvalue weighted by Gasteiger charge is -2.34. The molecule has 4 rings (SSSR count). The van der Waals surface area contributed by atoms with E-state index in [4.69, 9.17) is 37.4 Å². The predicted octanol–water partition coefficient (Wildman–Crippen LogP) is 6.77. The van der Waals surface area contributed by atoms with E-state index in [1.165, 1.54) is 56.6 Å². The molecule has 4 aromatic rings. The van der Waals surface area contributed by atoms with Crippen LogP contribution in [0.5, 0.6) is 17.2 Å². The van der Waals surface area contributed by atoms with Crippen LogP contribution in [0.4, 0.5) is 5.69 Å². The van der Waals surface area contributed by atoms with Gasteiger partial charge in [0.15, 0.2) is 11.5 Å². The van der Waals surface area contributed by atoms with E-state index in [0.29, 0.717) is 22.9 Å². The molecule has 10 nitrogen and oxygen atoms in total. The van der Waals surface area contributed by atoms with Crippen LogP contribution in [0.2, 0.25) is 10.0 Å². The standard InChI is InChI=1S/C37H41Cl2N3O7S/c1-5-6-20-40-37(44)32(21-26-10-8-7-9-11-26)41(24-27-12-14-28(38)15-13-27)36(43)25-42(31-22-29(39)16-18-33(31)47-2)50(45,46)30-17-19-34(48-3)35(23-30)49-4/h7-19,22-23,32H,5-6,20-21,24-25H2,1-4H3,(H,40,44)/t32-/m0/s1. The molecule has 1 atom stereocenters. The summed E-state index contributed by atoms with van der Waals surface area (Å²) in [6.45, 7) is 1.73. The first-order chi connectivity index (χ1) is 24.0. The van der Waals surface area contributed by atoms with Crippen molar-refractivity contribution in [2.24, 2.45) is 0 Å². The number of halogens is 2. The van der Waals surface area contributed by atoms with Crippen molar-refractivity contribution in [3.63, 3.8) is 0 Å². The number of hydrogen-bond donors (Lipinski definition) is 1. The van der Waals surface area contributed by atoms with E-state index in [0.717, 1.165) is 22.7 Å². The van der Waals surface area contributed by atoms with Crippen molar-refractivity contribution in [2.45, 2.75) is 43.7 Å². The van der Waals surface area contributed by atoms with Crippen molar-refractivity contribution in [3.05, 3.63) is 112 Å². The Kier molecular flexibility index (Phi) is 13.8. The third kappa shape index (κ3) is 9.62. The minimum absolute atomic E-state index is 0.00831. The molecule has 0 heterocycles. The van der Waals surface area contributed by atoms with E-state index in [9.17, 15) is 18.0 Å². The molecule has 0 unspecified atom stereocenters. The third-order valence-electron chi connectivity index (χ3n) is 8.00. The largest absolute Gasteiger partial charge is 0.495 e. The van der Waals surface area contributed by atoms with Gasteiger partial charge in [-0.3, -0.25) is 13.9 Å². The topological polar surface area (TPSA) is 114 Å². The van der Waals surface area contributed by atoms with Crippen molar-refractivity contribution in [3.8, 4) is 17.2 Å². The van der Waals surface area contributed by atoms with Crippen LogP contribution in [0.3, 0.4) is 0 Å². The Balaban J connectivity index is 1.86. The number of sulfonamides is 1. The van der Waals surface area contributed by atoms with E-state index < -0.39 is 28.5 Å². The van der Waals surface area contributed by atoms with E-state index >= 15 is 0 Å². The predicted molar refractivity (Wildman–Crippen MR) is 196 cm³/mol. The number of hydrogen-bond acceptors (Lipinski definition) is 7. The van der Waals surface area contributed by atoms with Crippen LogP contribution in [0.1, 0.15) is 30.9 Å². The highest BCUT2D eigenvalue weighted by atomic mass is 35.5. The number of ether oxygens (including phenoxy) is 3. The van der Waals surface area contributed by atoms with Gasteiger partial charge in [-0.1, -0.05) is 79.0 Å². The van der Waals surface area contributed by atoms with Crippen LogP contribution < -0.4 is 23.8 Å². The number of rotatable bonds is 17. The van der Waals surface area contributed by atoms with Gasteiger partial charge in [-0.05, 0) is 60.0 Å². The zero-order valence-electron chi connectivity index (χ0n) is 28.4. The minimum Gasteiger partial charge on any atom is -0.495 e. The monoisotopic (exact) mass is 741 g/mol. The molecule has 13 heteroatoms. The summed E-state index contributed by atoms with van der Waals surface area (Å²) in [5.41, 5.74) is 1.54. The van der Waals surface area contributed by atoms with Crippen LogP contribution >= 0.6 is 23.2 Å². The van der Waals surface area contributed by atoms with Gasteiger partial charge >= 0.3 is 0 Å². The van der Waals surface area contributed by atoms with Gasteiger partial charge in [0.25, 0.3) is 10.0 Å². The first-order valence-corrected chi connectivity index (χ1v) is 18.2. The molecule has 0 aliphatic rings. The fourth-order valence-corrected chi connectivity index (χ4v) is 7.05. The molecule has 0 saturated heterocycles. The third-order valence-corrected chi connectivity index (χ3v) is 10.2. The molecule has 0 fully saturated rings. The van der Waals surface area contributed by atoms with Crippen molar-refractivity contribution in [1.82, 2.24) is 10.2 Å². The molecular formula is C37H41Cl2N3O7S. The number of nitrogens with zero attached hydrogens (tertiary/aromatic N) is 2. The fraction of sp³-hybridized carbons (Fsp3) is 0.297. The number of anilines is 1. The lowest BCUT2D eigenvalue weighted by molar-refractivity contribution is -0.140. The van der Waals surface area contributed by atoms with Crippen LogP contribution in [-0.2, 0) is 32.6 Å². The molecule has 0 aliphatic heterocycles. The fourth-order valence-electron chi connectivity index (χ4n) is 5.32. The summed E-state index contributed by atoms with van der Waals surface area (Å²) in [4.78, 5) is 29.9. The van der Waals surface area contributed by atoms with Gasteiger partial charge in [0.1, 0.15) is 18.3 Å². The second-order valence-corrected chi connectivity index (χ2v) is 14.1. The van der Waals surface area contributed by atoms with Crippen molar-refractivity contribution >= 4 is 50.7 Å². The second kappa shape index (κ2) is 18.0. The van der Waals surface area contributed by atoms with Crippen LogP contribution in [0.15, 0.2) is 95.9 Å². The number of benzene rings is 4. The number of carbonyl (C=O) groups is 2. The van der Waals surface area contributed by atoms with Crippen molar-refractivity contribution in [1.29, 1.82) is 0 Å². The normalized spacial score (nSPS) is 11.7. The first kappa shape index (κ1) is 38.4. The van der Waals surface area contributed by atoms with Gasteiger partial charge in [0.2, 0.25) is 11.8 Å².